The molecule has 2 aromatic rings. The Bertz CT molecular complexity index is 748. The zero-order valence-electron chi connectivity index (χ0n) is 15.6. The lowest BCUT2D eigenvalue weighted by Crippen LogP contribution is -2.21. The molecule has 3 nitrogen and oxygen atoms in total. The van der Waals surface area contributed by atoms with E-state index >= 15 is 0 Å². The number of hydrogen-bond donors (Lipinski definition) is 2. The van der Waals surface area contributed by atoms with Crippen LogP contribution in [0.2, 0.25) is 0 Å². The number of aliphatic hydroxyl groups is 2. The Hall–Kier alpha value is -1.84. The van der Waals surface area contributed by atoms with Crippen LogP contribution in [0, 0.1) is 13.8 Å². The molecule has 0 bridgehead atoms. The molecule has 3 heteroatoms. The smallest absolute Gasteiger partial charge is 0.119 e. The van der Waals surface area contributed by atoms with Crippen LogP contribution in [-0.2, 0) is 6.42 Å². The molecule has 0 aromatic heterocycles. The van der Waals surface area contributed by atoms with Crippen molar-refractivity contribution < 1.29 is 14.9 Å². The predicted molar refractivity (Wildman–Crippen MR) is 101 cm³/mol. The molecule has 0 saturated carbocycles. The van der Waals surface area contributed by atoms with Gasteiger partial charge in [-0.3, -0.25) is 0 Å². The van der Waals surface area contributed by atoms with E-state index in [1.54, 1.807) is 13.8 Å². The van der Waals surface area contributed by atoms with Gasteiger partial charge in [-0.2, -0.15) is 0 Å². The van der Waals surface area contributed by atoms with Gasteiger partial charge in [-0.15, -0.1) is 0 Å². The summed E-state index contributed by atoms with van der Waals surface area (Å²) in [6.07, 6.45) is 1.99. The van der Waals surface area contributed by atoms with Gasteiger partial charge in [0.25, 0.3) is 0 Å². The predicted octanol–water partition coefficient (Wildman–Crippen LogP) is 4.49. The van der Waals surface area contributed by atoms with Crippen molar-refractivity contribution in [1.82, 2.24) is 0 Å². The first-order chi connectivity index (χ1) is 11.8. The first kappa shape index (κ1) is 18.0. The van der Waals surface area contributed by atoms with Crippen molar-refractivity contribution in [3.05, 3.63) is 52.6 Å². The highest BCUT2D eigenvalue weighted by atomic mass is 16.5. The summed E-state index contributed by atoms with van der Waals surface area (Å²) in [5.74, 6) is 0.843. The van der Waals surface area contributed by atoms with Crippen LogP contribution in [0.4, 0.5) is 0 Å². The van der Waals surface area contributed by atoms with Gasteiger partial charge < -0.3 is 14.9 Å². The summed E-state index contributed by atoms with van der Waals surface area (Å²) in [7, 11) is 0. The second-order valence-corrected chi connectivity index (χ2v) is 7.77. The highest BCUT2D eigenvalue weighted by molar-refractivity contribution is 5.76. The van der Waals surface area contributed by atoms with E-state index in [1.165, 1.54) is 27.8 Å². The van der Waals surface area contributed by atoms with Crippen molar-refractivity contribution in [3.63, 3.8) is 0 Å². The van der Waals surface area contributed by atoms with Gasteiger partial charge in [0.1, 0.15) is 5.75 Å². The van der Waals surface area contributed by atoms with Crippen molar-refractivity contribution in [2.45, 2.75) is 58.7 Å². The first-order valence-electron chi connectivity index (χ1n) is 9.03. The van der Waals surface area contributed by atoms with Crippen LogP contribution in [-0.4, -0.2) is 22.4 Å². The molecule has 0 fully saturated rings. The Kier molecular flexibility index (Phi) is 4.90. The molecule has 3 rings (SSSR count). The summed E-state index contributed by atoms with van der Waals surface area (Å²) in [4.78, 5) is 0. The van der Waals surface area contributed by atoms with E-state index in [0.29, 0.717) is 13.0 Å². The normalized spacial score (nSPS) is 16.8. The van der Waals surface area contributed by atoms with Crippen LogP contribution in [0.3, 0.4) is 0 Å². The largest absolute Gasteiger partial charge is 0.493 e. The van der Waals surface area contributed by atoms with Gasteiger partial charge in [0.15, 0.2) is 0 Å². The number of rotatable bonds is 5. The Morgan fingerprint density at radius 3 is 2.48 bits per heavy atom. The molecule has 1 atom stereocenters. The van der Waals surface area contributed by atoms with E-state index in [9.17, 15) is 10.2 Å². The molecule has 0 saturated heterocycles. The van der Waals surface area contributed by atoms with Gasteiger partial charge in [-0.25, -0.2) is 0 Å². The van der Waals surface area contributed by atoms with Gasteiger partial charge in [-0.1, -0.05) is 18.2 Å². The van der Waals surface area contributed by atoms with Crippen molar-refractivity contribution >= 4 is 0 Å². The summed E-state index contributed by atoms with van der Waals surface area (Å²) < 4.78 is 5.84. The topological polar surface area (TPSA) is 49.7 Å². The van der Waals surface area contributed by atoms with E-state index < -0.39 is 5.60 Å². The summed E-state index contributed by atoms with van der Waals surface area (Å²) in [5.41, 5.74) is 6.45. The molecule has 25 heavy (non-hydrogen) atoms. The highest BCUT2D eigenvalue weighted by Gasteiger charge is 2.24. The maximum Gasteiger partial charge on any atom is 0.119 e. The second-order valence-electron chi connectivity index (χ2n) is 7.77. The SMILES string of the molecule is Cc1cc(OCCC(C)(C)O)cc(C)c1-c1cccc2c1CCC2O. The Morgan fingerprint density at radius 1 is 1.16 bits per heavy atom. The third-order valence-electron chi connectivity index (χ3n) is 5.00. The number of aryl methyl sites for hydroxylation is 2. The maximum absolute atomic E-state index is 10.2. The molecule has 0 spiro atoms. The summed E-state index contributed by atoms with van der Waals surface area (Å²) in [6.45, 7) is 8.29. The lowest BCUT2D eigenvalue weighted by molar-refractivity contribution is 0.0553. The minimum atomic E-state index is -0.713. The standard InChI is InChI=1S/C22H28O3/c1-14-12-16(25-11-10-22(3,4)24)13-15(2)21(14)19-7-5-6-18-17(19)8-9-20(18)23/h5-7,12-13,20,23-24H,8-11H2,1-4H3. The van der Waals surface area contributed by atoms with E-state index in [2.05, 4.69) is 32.0 Å². The van der Waals surface area contributed by atoms with Gasteiger partial charge in [-0.05, 0) is 86.1 Å². The van der Waals surface area contributed by atoms with Gasteiger partial charge in [0.2, 0.25) is 0 Å². The summed E-state index contributed by atoms with van der Waals surface area (Å²) >= 11 is 0. The first-order valence-corrected chi connectivity index (χ1v) is 9.03. The van der Waals surface area contributed by atoms with Crippen molar-refractivity contribution in [3.8, 4) is 16.9 Å². The van der Waals surface area contributed by atoms with Crippen molar-refractivity contribution in [2.75, 3.05) is 6.61 Å². The molecule has 134 valence electrons. The maximum atomic E-state index is 10.2. The number of fused-ring (bicyclic) bond motifs is 1. The number of aliphatic hydroxyl groups excluding tert-OH is 1. The van der Waals surface area contributed by atoms with Crippen LogP contribution in [0.5, 0.6) is 5.75 Å². The molecule has 2 aromatic carbocycles. The Labute approximate surface area is 150 Å². The highest BCUT2D eigenvalue weighted by Crippen LogP contribution is 2.40. The third kappa shape index (κ3) is 3.88. The molecule has 1 unspecified atom stereocenters. The molecule has 0 amide bonds. The monoisotopic (exact) mass is 340 g/mol. The number of benzene rings is 2. The van der Waals surface area contributed by atoms with Crippen molar-refractivity contribution in [1.29, 1.82) is 0 Å². The van der Waals surface area contributed by atoms with Crippen LogP contribution in [0.15, 0.2) is 30.3 Å². The zero-order valence-corrected chi connectivity index (χ0v) is 15.6. The fraction of sp³-hybridized carbons (Fsp3) is 0.455. The molecule has 0 radical (unpaired) electrons. The van der Waals surface area contributed by atoms with E-state index in [1.807, 2.05) is 12.1 Å². The van der Waals surface area contributed by atoms with E-state index in [0.717, 1.165) is 24.2 Å². The lowest BCUT2D eigenvalue weighted by atomic mass is 9.90. The summed E-state index contributed by atoms with van der Waals surface area (Å²) in [6, 6.07) is 10.4. The Balaban J connectivity index is 1.90. The summed E-state index contributed by atoms with van der Waals surface area (Å²) in [5, 5.41) is 20.0. The fourth-order valence-corrected chi connectivity index (χ4v) is 3.72. The minimum Gasteiger partial charge on any atom is -0.493 e. The molecule has 0 heterocycles. The average molecular weight is 340 g/mol. The average Bonchev–Trinajstić information content (AvgIpc) is 2.88. The molecular formula is C22H28O3. The number of ether oxygens (including phenoxy) is 1. The third-order valence-corrected chi connectivity index (χ3v) is 5.00. The van der Waals surface area contributed by atoms with Crippen molar-refractivity contribution in [2.24, 2.45) is 0 Å². The molecule has 1 aliphatic carbocycles. The van der Waals surface area contributed by atoms with Gasteiger partial charge in [0, 0.05) is 6.42 Å². The quantitative estimate of drug-likeness (QED) is 0.843. The zero-order chi connectivity index (χ0) is 18.2. The van der Waals surface area contributed by atoms with Crippen LogP contribution >= 0.6 is 0 Å². The van der Waals surface area contributed by atoms with E-state index in [4.69, 9.17) is 4.74 Å². The van der Waals surface area contributed by atoms with Crippen LogP contribution < -0.4 is 4.74 Å². The molecule has 1 aliphatic rings. The van der Waals surface area contributed by atoms with E-state index in [-0.39, 0.29) is 6.10 Å². The Morgan fingerprint density at radius 2 is 1.84 bits per heavy atom. The van der Waals surface area contributed by atoms with Gasteiger partial charge in [0.05, 0.1) is 18.3 Å². The molecule has 0 aliphatic heterocycles. The van der Waals surface area contributed by atoms with Gasteiger partial charge >= 0.3 is 0 Å². The second kappa shape index (κ2) is 6.81. The lowest BCUT2D eigenvalue weighted by Gasteiger charge is -2.19. The van der Waals surface area contributed by atoms with Crippen LogP contribution in [0.25, 0.3) is 11.1 Å². The molecule has 2 N–H and O–H groups in total. The fourth-order valence-electron chi connectivity index (χ4n) is 3.72. The van der Waals surface area contributed by atoms with Crippen LogP contribution in [0.1, 0.15) is 55.0 Å². The molecular weight excluding hydrogens is 312 g/mol. The minimum absolute atomic E-state index is 0.333. The number of hydrogen-bond acceptors (Lipinski definition) is 3.